The molecule has 0 aliphatic rings. The van der Waals surface area contributed by atoms with Crippen LogP contribution in [0.1, 0.15) is 0 Å². The van der Waals surface area contributed by atoms with Crippen LogP contribution >= 0.6 is 12.4 Å². The van der Waals surface area contributed by atoms with Crippen molar-refractivity contribution in [3.05, 3.63) is 0 Å². The van der Waals surface area contributed by atoms with Gasteiger partial charge in [0.1, 0.15) is 0 Å². The predicted octanol–water partition coefficient (Wildman–Crippen LogP) is -6.70. The minimum Gasteiger partial charge on any atom is -0.256 e. The van der Waals surface area contributed by atoms with E-state index >= 15 is 0 Å². The van der Waals surface area contributed by atoms with Crippen LogP contribution in [0.25, 0.3) is 0 Å². The van der Waals surface area contributed by atoms with E-state index in [1.165, 1.54) is 0 Å². The van der Waals surface area contributed by atoms with Crippen LogP contribution < -0.4 is 30.4 Å². The topological polar surface area (TPSA) is 89.4 Å². The van der Waals surface area contributed by atoms with Crippen molar-refractivity contribution < 1.29 is 33.8 Å². The Morgan fingerprint density at radius 3 is 1.17 bits per heavy atom. The van der Waals surface area contributed by atoms with Gasteiger partial charge in [-0.15, -0.1) is 12.4 Å². The zero-order chi connectivity index (χ0) is 4.50. The third kappa shape index (κ3) is 97.9. The standard InChI is InChI=1S/ClH.HIO4/c;2-1(3,4)5/h1H;2H. The Morgan fingerprint density at radius 1 is 1.17 bits per heavy atom. The van der Waals surface area contributed by atoms with Gasteiger partial charge in [-0.25, -0.2) is 0 Å². The van der Waals surface area contributed by atoms with E-state index < -0.39 is 20.1 Å². The van der Waals surface area contributed by atoms with Gasteiger partial charge >= 0.3 is 20.1 Å². The smallest absolute Gasteiger partial charge is 0.256 e. The van der Waals surface area contributed by atoms with Crippen LogP contribution in [-0.2, 0) is 0 Å². The molecule has 6 heteroatoms. The van der Waals surface area contributed by atoms with E-state index in [1.54, 1.807) is 0 Å². The van der Waals surface area contributed by atoms with Crippen molar-refractivity contribution in [2.75, 3.05) is 0 Å². The number of halogens is 2. The average molecular weight is 228 g/mol. The monoisotopic (exact) mass is 228 g/mol. The third-order valence-electron chi connectivity index (χ3n) is 0. The maximum Gasteiger partial charge on any atom is 0.368 e. The van der Waals surface area contributed by atoms with Crippen LogP contribution in [0.3, 0.4) is 0 Å². The summed E-state index contributed by atoms with van der Waals surface area (Å²) in [5, 5.41) is 0. The van der Waals surface area contributed by atoms with Gasteiger partial charge in [0.05, 0.1) is 0 Å². The van der Waals surface area contributed by atoms with E-state index in [2.05, 4.69) is 0 Å². The van der Waals surface area contributed by atoms with Gasteiger partial charge in [0.15, 0.2) is 0 Å². The number of rotatable bonds is 0. The van der Waals surface area contributed by atoms with E-state index in [1.807, 2.05) is 0 Å². The van der Waals surface area contributed by atoms with Crippen molar-refractivity contribution in [1.82, 2.24) is 0 Å². The molecule has 0 aliphatic heterocycles. The molecule has 0 aromatic heterocycles. The summed E-state index contributed by atoms with van der Waals surface area (Å²) in [6.07, 6.45) is 0. The summed E-state index contributed by atoms with van der Waals surface area (Å²) in [5.74, 6) is 0. The first-order valence-electron chi connectivity index (χ1n) is 0.632. The zero-order valence-corrected chi connectivity index (χ0v) is 5.43. The highest BCUT2D eigenvalue weighted by Gasteiger charge is 2.11. The molecule has 0 amide bonds. The molecule has 0 aliphatic carbocycles. The van der Waals surface area contributed by atoms with Crippen molar-refractivity contribution in [2.45, 2.75) is 0 Å². The molecule has 0 aromatic carbocycles. The van der Waals surface area contributed by atoms with Crippen LogP contribution in [0.4, 0.5) is 0 Å². The molecule has 0 heterocycles. The van der Waals surface area contributed by atoms with Crippen LogP contribution in [0.2, 0.25) is 0 Å². The molecule has 0 unspecified atom stereocenters. The summed E-state index contributed by atoms with van der Waals surface area (Å²) in [5.41, 5.74) is 0. The highest BCUT2D eigenvalue weighted by molar-refractivity contribution is 5.85. The Hall–Kier alpha value is 0.860. The molecule has 1 N–H and O–H groups in total. The second-order valence-electron chi connectivity index (χ2n) is 0.396. The summed E-state index contributed by atoms with van der Waals surface area (Å²) >= 11 is -5.69. The van der Waals surface area contributed by atoms with Crippen molar-refractivity contribution in [3.8, 4) is 0 Å². The Labute approximate surface area is 46.5 Å². The van der Waals surface area contributed by atoms with E-state index in [4.69, 9.17) is 13.7 Å². The lowest BCUT2D eigenvalue weighted by molar-refractivity contribution is -1.92. The van der Waals surface area contributed by atoms with Crippen molar-refractivity contribution in [1.29, 1.82) is 0 Å². The molecule has 0 spiro atoms. The lowest BCUT2D eigenvalue weighted by Gasteiger charge is -1.93. The van der Waals surface area contributed by atoms with Gasteiger partial charge in [-0.05, 0) is 0 Å². The highest BCUT2D eigenvalue weighted by Crippen LogP contribution is 0.690. The normalized spacial score (nSPS) is 10.0. The Balaban J connectivity index is 0. The van der Waals surface area contributed by atoms with Crippen molar-refractivity contribution in [2.24, 2.45) is 0 Å². The van der Waals surface area contributed by atoms with Crippen LogP contribution in [-0.4, -0.2) is 3.44 Å². The Morgan fingerprint density at radius 2 is 1.17 bits per heavy atom. The minimum absolute atomic E-state index is 0. The summed E-state index contributed by atoms with van der Waals surface area (Å²) in [4.78, 5) is 0. The summed E-state index contributed by atoms with van der Waals surface area (Å²) in [6, 6.07) is 0. The first-order valence-corrected chi connectivity index (χ1v) is 4.24. The molecule has 0 saturated carbocycles. The maximum absolute atomic E-state index is 8.73. The molecule has 0 fully saturated rings. The van der Waals surface area contributed by atoms with Gasteiger partial charge in [-0.2, -0.15) is 0 Å². The van der Waals surface area contributed by atoms with Gasteiger partial charge in [0.25, 0.3) is 0 Å². The van der Waals surface area contributed by atoms with E-state index in [0.717, 1.165) is 0 Å². The quantitative estimate of drug-likeness (QED) is 0.417. The van der Waals surface area contributed by atoms with Gasteiger partial charge in [0, 0.05) is 3.44 Å². The first-order chi connectivity index (χ1) is 2.00. The largest absolute Gasteiger partial charge is 0.368 e. The van der Waals surface area contributed by atoms with Gasteiger partial charge in [0.2, 0.25) is 0 Å². The molecular formula is H2ClIO4. The molecule has 0 bridgehead atoms. The average Bonchev–Trinajstić information content (AvgIpc) is 0.722. The van der Waals surface area contributed by atoms with Crippen LogP contribution in [0.5, 0.6) is 0 Å². The molecule has 4 nitrogen and oxygen atoms in total. The van der Waals surface area contributed by atoms with E-state index in [0.29, 0.717) is 0 Å². The van der Waals surface area contributed by atoms with Crippen LogP contribution in [0.15, 0.2) is 0 Å². The SMILES string of the molecule is Cl.[O-][I+3]([O-])([O-])O. The minimum atomic E-state index is -5.69. The second-order valence-corrected chi connectivity index (χ2v) is 2.66. The Kier molecular flexibility index (Phi) is 4.89. The lowest BCUT2D eigenvalue weighted by atomic mass is 16.0. The summed E-state index contributed by atoms with van der Waals surface area (Å²) < 4.78 is 33.2. The second kappa shape index (κ2) is 2.94. The summed E-state index contributed by atoms with van der Waals surface area (Å²) in [6.45, 7) is 0. The number of hydrogen-bond acceptors (Lipinski definition) is 4. The zero-order valence-electron chi connectivity index (χ0n) is 2.46. The van der Waals surface area contributed by atoms with E-state index in [9.17, 15) is 0 Å². The maximum atomic E-state index is 8.73. The van der Waals surface area contributed by atoms with Gasteiger partial charge in [-0.3, -0.25) is 10.3 Å². The molecule has 40 valence electrons. The molecule has 0 atom stereocenters. The summed E-state index contributed by atoms with van der Waals surface area (Å²) in [7, 11) is 0. The number of hydrogen-bond donors (Lipinski definition) is 1. The lowest BCUT2D eigenvalue weighted by Crippen LogP contribution is -4.23. The van der Waals surface area contributed by atoms with Crippen molar-refractivity contribution in [3.63, 3.8) is 0 Å². The fourth-order valence-corrected chi connectivity index (χ4v) is 0. The van der Waals surface area contributed by atoms with E-state index in [-0.39, 0.29) is 12.4 Å². The molecule has 0 saturated heterocycles. The first kappa shape index (κ1) is 9.97. The molecule has 6 heavy (non-hydrogen) atoms. The third-order valence-corrected chi connectivity index (χ3v) is 0. The van der Waals surface area contributed by atoms with Crippen molar-refractivity contribution >= 4 is 12.4 Å². The molecule has 0 aromatic rings. The molecule has 0 rings (SSSR count). The van der Waals surface area contributed by atoms with Crippen LogP contribution in [0, 0.1) is 0 Å². The van der Waals surface area contributed by atoms with Gasteiger partial charge < -0.3 is 0 Å². The predicted molar refractivity (Wildman–Crippen MR) is 9.47 cm³/mol. The molecule has 0 radical (unpaired) electrons. The molecular weight excluding hydrogens is 226 g/mol. The fourth-order valence-electron chi connectivity index (χ4n) is 0. The highest BCUT2D eigenvalue weighted by atomic mass is 127. The fraction of sp³-hybridized carbons (Fsp3) is 0. The van der Waals surface area contributed by atoms with Gasteiger partial charge in [-0.1, -0.05) is 0 Å². The Bertz CT molecular complexity index is 23.0.